The van der Waals surface area contributed by atoms with Gasteiger partial charge in [-0.05, 0) is 33.0 Å². The van der Waals surface area contributed by atoms with Crippen LogP contribution in [0.4, 0.5) is 0 Å². The molecule has 0 amide bonds. The molecule has 1 heterocycles. The van der Waals surface area contributed by atoms with Crippen molar-refractivity contribution in [3.05, 3.63) is 0 Å². The summed E-state index contributed by atoms with van der Waals surface area (Å²) in [5, 5.41) is 3.58. The van der Waals surface area contributed by atoms with Gasteiger partial charge < -0.3 is 15.1 Å². The molecule has 1 atom stereocenters. The second-order valence-electron chi connectivity index (χ2n) is 5.36. The summed E-state index contributed by atoms with van der Waals surface area (Å²) in [5.41, 5.74) is 0. The van der Waals surface area contributed by atoms with Crippen LogP contribution in [0.25, 0.3) is 0 Å². The van der Waals surface area contributed by atoms with Crippen LogP contribution < -0.4 is 5.32 Å². The van der Waals surface area contributed by atoms with Gasteiger partial charge in [0.25, 0.3) is 0 Å². The number of hydrogen-bond acceptors (Lipinski definition) is 3. The zero-order valence-corrected chi connectivity index (χ0v) is 10.8. The fourth-order valence-corrected chi connectivity index (χ4v) is 2.06. The van der Waals surface area contributed by atoms with Gasteiger partial charge in [-0.2, -0.15) is 0 Å². The maximum atomic E-state index is 3.58. The number of nitrogens with one attached hydrogen (secondary N) is 1. The maximum Gasteiger partial charge on any atom is 0.0322 e. The van der Waals surface area contributed by atoms with E-state index >= 15 is 0 Å². The predicted molar refractivity (Wildman–Crippen MR) is 66.2 cm³/mol. The molecule has 0 aromatic heterocycles. The van der Waals surface area contributed by atoms with Crippen LogP contribution in [-0.4, -0.2) is 62.7 Å². The number of rotatable bonds is 5. The van der Waals surface area contributed by atoms with Crippen molar-refractivity contribution < 1.29 is 0 Å². The van der Waals surface area contributed by atoms with Crippen LogP contribution in [0.1, 0.15) is 20.3 Å². The van der Waals surface area contributed by atoms with Crippen molar-refractivity contribution in [2.45, 2.75) is 26.3 Å². The fourth-order valence-electron chi connectivity index (χ4n) is 2.06. The predicted octanol–water partition coefficient (Wildman–Crippen LogP) is 0.868. The first-order valence-electron chi connectivity index (χ1n) is 6.18. The van der Waals surface area contributed by atoms with Gasteiger partial charge in [-0.3, -0.25) is 0 Å². The first-order valence-corrected chi connectivity index (χ1v) is 6.18. The van der Waals surface area contributed by atoms with E-state index in [0.29, 0.717) is 6.04 Å². The van der Waals surface area contributed by atoms with Crippen molar-refractivity contribution in [1.29, 1.82) is 0 Å². The summed E-state index contributed by atoms with van der Waals surface area (Å²) in [6.07, 6.45) is 1.30. The van der Waals surface area contributed by atoms with Crippen molar-refractivity contribution in [3.8, 4) is 0 Å². The Morgan fingerprint density at radius 2 is 2.20 bits per heavy atom. The molecule has 1 aliphatic rings. The van der Waals surface area contributed by atoms with Gasteiger partial charge >= 0.3 is 0 Å². The molecule has 0 saturated carbocycles. The Hall–Kier alpha value is -0.120. The summed E-state index contributed by atoms with van der Waals surface area (Å²) in [6, 6.07) is 0.654. The number of nitrogens with zero attached hydrogens (tertiary/aromatic N) is 2. The molecule has 1 N–H and O–H groups in total. The van der Waals surface area contributed by atoms with Crippen LogP contribution in [-0.2, 0) is 0 Å². The molecule has 0 aromatic rings. The van der Waals surface area contributed by atoms with E-state index in [-0.39, 0.29) is 0 Å². The van der Waals surface area contributed by atoms with E-state index < -0.39 is 0 Å². The third-order valence-corrected chi connectivity index (χ3v) is 3.08. The lowest BCUT2D eigenvalue weighted by atomic mass is 10.1. The number of hydrogen-bond donors (Lipinski definition) is 1. The standard InChI is InChI=1S/C12H27N3/c1-11(2)5-7-14(3)9-12-10-15(4)8-6-13-12/h11-13H,5-10H2,1-4H3. The lowest BCUT2D eigenvalue weighted by Crippen LogP contribution is -2.53. The van der Waals surface area contributed by atoms with Crippen LogP contribution >= 0.6 is 0 Å². The monoisotopic (exact) mass is 213 g/mol. The van der Waals surface area contributed by atoms with E-state index in [2.05, 4.69) is 43.1 Å². The van der Waals surface area contributed by atoms with Crippen LogP contribution in [0.15, 0.2) is 0 Å². The molecule has 1 saturated heterocycles. The van der Waals surface area contributed by atoms with Gasteiger partial charge in [0.2, 0.25) is 0 Å². The summed E-state index contributed by atoms with van der Waals surface area (Å²) >= 11 is 0. The summed E-state index contributed by atoms with van der Waals surface area (Å²) in [5.74, 6) is 0.814. The Morgan fingerprint density at radius 1 is 1.47 bits per heavy atom. The van der Waals surface area contributed by atoms with Gasteiger partial charge in [0.05, 0.1) is 0 Å². The molecule has 15 heavy (non-hydrogen) atoms. The van der Waals surface area contributed by atoms with Gasteiger partial charge in [0.15, 0.2) is 0 Å². The minimum absolute atomic E-state index is 0.654. The smallest absolute Gasteiger partial charge is 0.0322 e. The number of piperazine rings is 1. The van der Waals surface area contributed by atoms with E-state index in [9.17, 15) is 0 Å². The quantitative estimate of drug-likeness (QED) is 0.731. The normalized spacial score (nSPS) is 24.0. The zero-order chi connectivity index (χ0) is 11.3. The van der Waals surface area contributed by atoms with Crippen molar-refractivity contribution >= 4 is 0 Å². The minimum atomic E-state index is 0.654. The lowest BCUT2D eigenvalue weighted by molar-refractivity contribution is 0.192. The Labute approximate surface area is 94.8 Å². The molecule has 1 fully saturated rings. The molecule has 90 valence electrons. The minimum Gasteiger partial charge on any atom is -0.310 e. The Morgan fingerprint density at radius 3 is 2.80 bits per heavy atom. The second-order valence-corrected chi connectivity index (χ2v) is 5.36. The Kier molecular flexibility index (Phi) is 5.58. The van der Waals surface area contributed by atoms with E-state index in [1.807, 2.05) is 0 Å². The molecule has 0 aliphatic carbocycles. The van der Waals surface area contributed by atoms with Gasteiger partial charge in [0, 0.05) is 32.2 Å². The van der Waals surface area contributed by atoms with Gasteiger partial charge in [-0.25, -0.2) is 0 Å². The highest BCUT2D eigenvalue weighted by Crippen LogP contribution is 2.03. The highest BCUT2D eigenvalue weighted by atomic mass is 15.2. The molecular weight excluding hydrogens is 186 g/mol. The molecule has 1 aliphatic heterocycles. The highest BCUT2D eigenvalue weighted by Gasteiger charge is 2.17. The third-order valence-electron chi connectivity index (χ3n) is 3.08. The highest BCUT2D eigenvalue weighted by molar-refractivity contribution is 4.79. The number of likely N-dealkylation sites (N-methyl/N-ethyl adjacent to an activating group) is 2. The van der Waals surface area contributed by atoms with Crippen LogP contribution in [0.5, 0.6) is 0 Å². The summed E-state index contributed by atoms with van der Waals surface area (Å²) in [6.45, 7) is 10.5. The fraction of sp³-hybridized carbons (Fsp3) is 1.00. The molecule has 3 nitrogen and oxygen atoms in total. The maximum absolute atomic E-state index is 3.58. The largest absolute Gasteiger partial charge is 0.310 e. The molecule has 0 bridgehead atoms. The van der Waals surface area contributed by atoms with Crippen LogP contribution in [0, 0.1) is 5.92 Å². The van der Waals surface area contributed by atoms with E-state index in [0.717, 1.165) is 12.5 Å². The molecule has 1 unspecified atom stereocenters. The second kappa shape index (κ2) is 6.46. The summed E-state index contributed by atoms with van der Waals surface area (Å²) in [7, 11) is 4.45. The van der Waals surface area contributed by atoms with Gasteiger partial charge in [0.1, 0.15) is 0 Å². The first kappa shape index (κ1) is 12.9. The van der Waals surface area contributed by atoms with Crippen molar-refractivity contribution in [1.82, 2.24) is 15.1 Å². The lowest BCUT2D eigenvalue weighted by Gasteiger charge is -2.33. The van der Waals surface area contributed by atoms with Crippen molar-refractivity contribution in [2.75, 3.05) is 46.8 Å². The summed E-state index contributed by atoms with van der Waals surface area (Å²) in [4.78, 5) is 4.87. The average molecular weight is 213 g/mol. The van der Waals surface area contributed by atoms with Crippen molar-refractivity contribution in [2.24, 2.45) is 5.92 Å². The molecular formula is C12H27N3. The first-order chi connectivity index (χ1) is 7.08. The van der Waals surface area contributed by atoms with Crippen molar-refractivity contribution in [3.63, 3.8) is 0 Å². The average Bonchev–Trinajstić information content (AvgIpc) is 2.15. The molecule has 1 rings (SSSR count). The topological polar surface area (TPSA) is 18.5 Å². The molecule has 0 spiro atoms. The molecule has 0 aromatic carbocycles. The summed E-state index contributed by atoms with van der Waals surface area (Å²) < 4.78 is 0. The van der Waals surface area contributed by atoms with Gasteiger partial charge in [-0.15, -0.1) is 0 Å². The molecule has 0 radical (unpaired) electrons. The third kappa shape index (κ3) is 5.50. The van der Waals surface area contributed by atoms with E-state index in [1.165, 1.54) is 32.6 Å². The SMILES string of the molecule is CC(C)CCN(C)CC1CN(C)CCN1. The molecule has 3 heteroatoms. The zero-order valence-electron chi connectivity index (χ0n) is 10.8. The Balaban J connectivity index is 2.16. The van der Waals surface area contributed by atoms with E-state index in [4.69, 9.17) is 0 Å². The van der Waals surface area contributed by atoms with E-state index in [1.54, 1.807) is 0 Å². The van der Waals surface area contributed by atoms with Crippen LogP contribution in [0.3, 0.4) is 0 Å². The van der Waals surface area contributed by atoms with Gasteiger partial charge in [-0.1, -0.05) is 13.8 Å². The van der Waals surface area contributed by atoms with Crippen LogP contribution in [0.2, 0.25) is 0 Å². The Bertz CT molecular complexity index is 170.